The topological polar surface area (TPSA) is 0 Å². The van der Waals surface area contributed by atoms with Crippen LogP contribution in [0.15, 0.2) is 84.9 Å². The van der Waals surface area contributed by atoms with E-state index in [0.29, 0.717) is 33.6 Å². The molecule has 3 rings (SSSR count). The molecule has 0 amide bonds. The SMILES string of the molecule is Cc1ccc(C([Se]c2ccccc2)[Se]c2ccccc2)cc1. The van der Waals surface area contributed by atoms with Crippen LogP contribution in [0, 0.1) is 6.92 Å². The maximum absolute atomic E-state index is 2.31. The number of rotatable bonds is 5. The molecule has 110 valence electrons. The summed E-state index contributed by atoms with van der Waals surface area (Å²) >= 11 is 0.929. The third-order valence-electron chi connectivity index (χ3n) is 3.32. The van der Waals surface area contributed by atoms with Crippen molar-refractivity contribution >= 4 is 38.8 Å². The normalized spacial score (nSPS) is 10.8. The van der Waals surface area contributed by atoms with Crippen LogP contribution in [0.1, 0.15) is 14.8 Å². The molecule has 22 heavy (non-hydrogen) atoms. The third kappa shape index (κ3) is 4.35. The average Bonchev–Trinajstić information content (AvgIpc) is 2.57. The van der Waals surface area contributed by atoms with Crippen molar-refractivity contribution in [2.24, 2.45) is 0 Å². The van der Waals surface area contributed by atoms with Crippen molar-refractivity contribution in [3.63, 3.8) is 0 Å². The Labute approximate surface area is 145 Å². The van der Waals surface area contributed by atoms with Gasteiger partial charge in [-0.25, -0.2) is 0 Å². The van der Waals surface area contributed by atoms with E-state index < -0.39 is 0 Å². The van der Waals surface area contributed by atoms with Gasteiger partial charge in [-0.05, 0) is 0 Å². The summed E-state index contributed by atoms with van der Waals surface area (Å²) in [6.45, 7) is 2.16. The van der Waals surface area contributed by atoms with Crippen LogP contribution in [-0.2, 0) is 0 Å². The van der Waals surface area contributed by atoms with Crippen LogP contribution in [-0.4, -0.2) is 29.9 Å². The number of hydrogen-bond donors (Lipinski definition) is 0. The molecule has 0 aliphatic carbocycles. The molecule has 0 heterocycles. The molecule has 0 nitrogen and oxygen atoms in total. The van der Waals surface area contributed by atoms with Gasteiger partial charge in [0.2, 0.25) is 0 Å². The molecule has 3 aromatic carbocycles. The Morgan fingerprint density at radius 3 is 1.50 bits per heavy atom. The van der Waals surface area contributed by atoms with Crippen LogP contribution in [0.4, 0.5) is 0 Å². The molecule has 0 aliphatic heterocycles. The zero-order valence-corrected chi connectivity index (χ0v) is 15.9. The first-order valence-corrected chi connectivity index (χ1v) is 11.0. The van der Waals surface area contributed by atoms with Gasteiger partial charge in [-0.3, -0.25) is 0 Å². The fourth-order valence-electron chi connectivity index (χ4n) is 2.13. The van der Waals surface area contributed by atoms with Crippen molar-refractivity contribution in [1.82, 2.24) is 0 Å². The van der Waals surface area contributed by atoms with Gasteiger partial charge in [0, 0.05) is 0 Å². The van der Waals surface area contributed by atoms with E-state index >= 15 is 0 Å². The second-order valence-corrected chi connectivity index (χ2v) is 11.6. The van der Waals surface area contributed by atoms with Crippen molar-refractivity contribution in [2.45, 2.75) is 10.6 Å². The van der Waals surface area contributed by atoms with Crippen LogP contribution in [0.5, 0.6) is 0 Å². The van der Waals surface area contributed by atoms with Crippen molar-refractivity contribution in [3.05, 3.63) is 96.1 Å². The Morgan fingerprint density at radius 2 is 1.05 bits per heavy atom. The fourth-order valence-corrected chi connectivity index (χ4v) is 8.76. The molecule has 0 N–H and O–H groups in total. The second-order valence-electron chi connectivity index (χ2n) is 5.10. The molecule has 2 heteroatoms. The van der Waals surface area contributed by atoms with E-state index in [-0.39, 0.29) is 0 Å². The van der Waals surface area contributed by atoms with E-state index in [1.54, 1.807) is 0 Å². The molecule has 0 atom stereocenters. The number of aryl methyl sites for hydroxylation is 1. The predicted octanol–water partition coefficient (Wildman–Crippen LogP) is 3.05. The summed E-state index contributed by atoms with van der Waals surface area (Å²) < 4.78 is 3.61. The molecular weight excluding hydrogens is 398 g/mol. The Kier molecular flexibility index (Phi) is 5.53. The van der Waals surface area contributed by atoms with E-state index in [4.69, 9.17) is 0 Å². The minimum atomic E-state index is 0.465. The standard InChI is InChI=1S/C20H18Se2/c1-16-12-14-17(15-13-16)20(21-18-8-4-2-5-9-18)22-19-10-6-3-7-11-19/h2-15,20H,1H3. The monoisotopic (exact) mass is 418 g/mol. The maximum atomic E-state index is 2.31. The Balaban J connectivity index is 1.86. The fraction of sp³-hybridized carbons (Fsp3) is 0.100. The van der Waals surface area contributed by atoms with E-state index in [1.165, 1.54) is 20.1 Å². The van der Waals surface area contributed by atoms with Gasteiger partial charge in [-0.15, -0.1) is 0 Å². The second kappa shape index (κ2) is 7.81. The van der Waals surface area contributed by atoms with E-state index in [9.17, 15) is 0 Å². The Morgan fingerprint density at radius 1 is 0.591 bits per heavy atom. The van der Waals surface area contributed by atoms with Gasteiger partial charge in [0.05, 0.1) is 0 Å². The summed E-state index contributed by atoms with van der Waals surface area (Å²) in [6, 6.07) is 31.0. The Hall–Kier alpha value is -1.30. The summed E-state index contributed by atoms with van der Waals surface area (Å²) in [5.41, 5.74) is 2.82. The van der Waals surface area contributed by atoms with Gasteiger partial charge >= 0.3 is 146 Å². The Bertz CT molecular complexity index is 649. The van der Waals surface area contributed by atoms with Gasteiger partial charge in [0.15, 0.2) is 0 Å². The first-order valence-electron chi connectivity index (χ1n) is 7.31. The minimum absolute atomic E-state index is 0.465. The summed E-state index contributed by atoms with van der Waals surface area (Å²) in [5, 5.41) is 0. The van der Waals surface area contributed by atoms with Crippen LogP contribution < -0.4 is 8.92 Å². The van der Waals surface area contributed by atoms with Crippen LogP contribution in [0.3, 0.4) is 0 Å². The van der Waals surface area contributed by atoms with Gasteiger partial charge in [0.25, 0.3) is 0 Å². The van der Waals surface area contributed by atoms with E-state index in [0.717, 1.165) is 0 Å². The number of hydrogen-bond acceptors (Lipinski definition) is 0. The van der Waals surface area contributed by atoms with Crippen molar-refractivity contribution in [1.29, 1.82) is 0 Å². The summed E-state index contributed by atoms with van der Waals surface area (Å²) in [4.78, 5) is 0. The first-order chi connectivity index (χ1) is 10.8. The molecule has 0 saturated heterocycles. The summed E-state index contributed by atoms with van der Waals surface area (Å²) in [6.07, 6.45) is 0. The molecule has 0 fully saturated rings. The zero-order valence-electron chi connectivity index (χ0n) is 12.5. The molecule has 3 aromatic rings. The molecule has 0 aromatic heterocycles. The van der Waals surface area contributed by atoms with Crippen LogP contribution in [0.2, 0.25) is 0 Å². The molecule has 0 radical (unpaired) electrons. The molecule has 0 unspecified atom stereocenters. The van der Waals surface area contributed by atoms with Gasteiger partial charge in [-0.1, -0.05) is 0 Å². The summed E-state index contributed by atoms with van der Waals surface area (Å²) in [7, 11) is 0. The van der Waals surface area contributed by atoms with Gasteiger partial charge < -0.3 is 0 Å². The van der Waals surface area contributed by atoms with Crippen LogP contribution in [0.25, 0.3) is 0 Å². The molecule has 0 spiro atoms. The molecule has 0 aliphatic rings. The quantitative estimate of drug-likeness (QED) is 0.561. The van der Waals surface area contributed by atoms with Crippen LogP contribution >= 0.6 is 0 Å². The molecule has 0 bridgehead atoms. The average molecular weight is 416 g/mol. The molecular formula is C20H18Se2. The van der Waals surface area contributed by atoms with E-state index in [1.807, 2.05) is 0 Å². The zero-order chi connectivity index (χ0) is 15.2. The summed E-state index contributed by atoms with van der Waals surface area (Å²) in [5.74, 6) is 0. The first kappa shape index (κ1) is 15.6. The molecule has 0 saturated carbocycles. The van der Waals surface area contributed by atoms with Crippen molar-refractivity contribution in [3.8, 4) is 0 Å². The van der Waals surface area contributed by atoms with Crippen molar-refractivity contribution in [2.75, 3.05) is 0 Å². The number of benzene rings is 3. The van der Waals surface area contributed by atoms with E-state index in [2.05, 4.69) is 91.9 Å². The predicted molar refractivity (Wildman–Crippen MR) is 97.6 cm³/mol. The van der Waals surface area contributed by atoms with Crippen molar-refractivity contribution < 1.29 is 0 Å². The van der Waals surface area contributed by atoms with Gasteiger partial charge in [0.1, 0.15) is 0 Å². The van der Waals surface area contributed by atoms with Gasteiger partial charge in [-0.2, -0.15) is 0 Å². The third-order valence-corrected chi connectivity index (χ3v) is 9.74.